The summed E-state index contributed by atoms with van der Waals surface area (Å²) < 4.78 is 10.1. The molecular formula is C6H10NO5P-2. The molecule has 0 radical (unpaired) electrons. The Labute approximate surface area is 75.2 Å². The van der Waals surface area contributed by atoms with Gasteiger partial charge in [0.25, 0.3) is 0 Å². The first-order valence-corrected chi connectivity index (χ1v) is 5.26. The SMILES string of the molecule is [NH3+][C@H](C/C=C/CP(=O)([O-])[O-])C(=O)[O-]. The zero-order valence-electron chi connectivity index (χ0n) is 6.84. The molecule has 0 bridgehead atoms. The topological polar surface area (TPSA) is 131 Å². The van der Waals surface area contributed by atoms with Gasteiger partial charge in [-0.3, -0.25) is 0 Å². The van der Waals surface area contributed by atoms with Crippen LogP contribution >= 0.6 is 7.60 Å². The first-order chi connectivity index (χ1) is 5.83. The maximum absolute atomic E-state index is 10.1. The lowest BCUT2D eigenvalue weighted by Gasteiger charge is -2.27. The van der Waals surface area contributed by atoms with E-state index < -0.39 is 25.8 Å². The van der Waals surface area contributed by atoms with Crippen LogP contribution in [0.1, 0.15) is 6.42 Å². The van der Waals surface area contributed by atoms with Crippen molar-refractivity contribution in [3.63, 3.8) is 0 Å². The molecular weight excluding hydrogens is 197 g/mol. The Morgan fingerprint density at radius 2 is 2.00 bits per heavy atom. The summed E-state index contributed by atoms with van der Waals surface area (Å²) in [5, 5.41) is 10.1. The van der Waals surface area contributed by atoms with E-state index in [9.17, 15) is 24.3 Å². The lowest BCUT2D eigenvalue weighted by Crippen LogP contribution is -2.68. The highest BCUT2D eigenvalue weighted by atomic mass is 31.2. The molecule has 76 valence electrons. The van der Waals surface area contributed by atoms with E-state index in [1.54, 1.807) is 0 Å². The van der Waals surface area contributed by atoms with Gasteiger partial charge in [-0.05, 0) is 6.16 Å². The smallest absolute Gasteiger partial charge is 0.128 e. The summed E-state index contributed by atoms with van der Waals surface area (Å²) >= 11 is 0. The van der Waals surface area contributed by atoms with E-state index in [2.05, 4.69) is 5.73 Å². The van der Waals surface area contributed by atoms with Crippen molar-refractivity contribution in [2.75, 3.05) is 6.16 Å². The van der Waals surface area contributed by atoms with Crippen molar-refractivity contribution in [3.05, 3.63) is 12.2 Å². The molecule has 3 N–H and O–H groups in total. The third kappa shape index (κ3) is 7.67. The van der Waals surface area contributed by atoms with Crippen molar-refractivity contribution < 1.29 is 30.0 Å². The van der Waals surface area contributed by atoms with Crippen LogP contribution < -0.4 is 20.6 Å². The van der Waals surface area contributed by atoms with Crippen LogP contribution in [-0.4, -0.2) is 18.2 Å². The van der Waals surface area contributed by atoms with Crippen molar-refractivity contribution in [1.82, 2.24) is 0 Å². The number of quaternary nitrogens is 1. The van der Waals surface area contributed by atoms with E-state index in [-0.39, 0.29) is 6.42 Å². The summed E-state index contributed by atoms with van der Waals surface area (Å²) in [7, 11) is -4.52. The van der Waals surface area contributed by atoms with Gasteiger partial charge >= 0.3 is 0 Å². The van der Waals surface area contributed by atoms with Gasteiger partial charge in [0.15, 0.2) is 0 Å². The van der Waals surface area contributed by atoms with Gasteiger partial charge < -0.3 is 30.0 Å². The molecule has 0 amide bonds. The molecule has 0 aromatic rings. The van der Waals surface area contributed by atoms with Crippen LogP contribution in [0.5, 0.6) is 0 Å². The van der Waals surface area contributed by atoms with Crippen LogP contribution in [0.4, 0.5) is 0 Å². The molecule has 0 aromatic carbocycles. The fraction of sp³-hybridized carbons (Fsp3) is 0.500. The summed E-state index contributed by atoms with van der Waals surface area (Å²) in [5.74, 6) is -1.31. The van der Waals surface area contributed by atoms with E-state index >= 15 is 0 Å². The highest BCUT2D eigenvalue weighted by Crippen LogP contribution is 2.21. The van der Waals surface area contributed by atoms with E-state index in [1.807, 2.05) is 0 Å². The number of carbonyl (C=O) groups excluding carboxylic acids is 1. The van der Waals surface area contributed by atoms with Crippen LogP contribution in [0.15, 0.2) is 12.2 Å². The second-order valence-electron chi connectivity index (χ2n) is 2.52. The predicted octanol–water partition coefficient (Wildman–Crippen LogP) is -3.79. The molecule has 0 fully saturated rings. The second kappa shape index (κ2) is 5.14. The largest absolute Gasteiger partial charge is 0.811 e. The Morgan fingerprint density at radius 1 is 1.46 bits per heavy atom. The zero-order valence-corrected chi connectivity index (χ0v) is 7.74. The molecule has 0 aliphatic carbocycles. The quantitative estimate of drug-likeness (QED) is 0.365. The molecule has 13 heavy (non-hydrogen) atoms. The Kier molecular flexibility index (Phi) is 4.87. The van der Waals surface area contributed by atoms with E-state index in [4.69, 9.17) is 0 Å². The molecule has 0 aliphatic rings. The number of carboxylic acids is 1. The van der Waals surface area contributed by atoms with Gasteiger partial charge in [0.05, 0.1) is 5.97 Å². The van der Waals surface area contributed by atoms with Gasteiger partial charge in [-0.25, -0.2) is 0 Å². The van der Waals surface area contributed by atoms with Gasteiger partial charge in [-0.2, -0.15) is 0 Å². The first-order valence-electron chi connectivity index (χ1n) is 3.53. The Morgan fingerprint density at radius 3 is 2.38 bits per heavy atom. The molecule has 0 saturated carbocycles. The van der Waals surface area contributed by atoms with Gasteiger partial charge in [0, 0.05) is 6.42 Å². The second-order valence-corrected chi connectivity index (χ2v) is 4.10. The summed E-state index contributed by atoms with van der Waals surface area (Å²) in [6.45, 7) is 0. The molecule has 0 saturated heterocycles. The van der Waals surface area contributed by atoms with Crippen LogP contribution in [0.3, 0.4) is 0 Å². The number of carbonyl (C=O) groups is 1. The standard InChI is InChI=1S/C6H12NO5P/c7-5(6(8)9)3-1-2-4-13(10,11)12/h1-2,5H,3-4,7H2,(H,8,9)(H2,10,11,12)/p-2/b2-1+/t5-/m1/s1. The maximum Gasteiger partial charge on any atom is 0.128 e. The Balaban J connectivity index is 3.77. The normalized spacial score (nSPS) is 14.7. The van der Waals surface area contributed by atoms with Crippen molar-refractivity contribution in [1.29, 1.82) is 0 Å². The third-order valence-electron chi connectivity index (χ3n) is 1.25. The van der Waals surface area contributed by atoms with Crippen LogP contribution in [-0.2, 0) is 9.36 Å². The molecule has 0 heterocycles. The van der Waals surface area contributed by atoms with Crippen molar-refractivity contribution >= 4 is 13.6 Å². The third-order valence-corrected chi connectivity index (χ3v) is 1.91. The number of allylic oxidation sites excluding steroid dienone is 1. The first kappa shape index (κ1) is 12.3. The average molecular weight is 207 g/mol. The zero-order chi connectivity index (χ0) is 10.5. The summed E-state index contributed by atoms with van der Waals surface area (Å²) in [4.78, 5) is 30.3. The van der Waals surface area contributed by atoms with Crippen LogP contribution in [0.25, 0.3) is 0 Å². The van der Waals surface area contributed by atoms with Gasteiger partial charge in [0.1, 0.15) is 6.04 Å². The fourth-order valence-electron chi connectivity index (χ4n) is 0.560. The highest BCUT2D eigenvalue weighted by Gasteiger charge is 2.02. The van der Waals surface area contributed by atoms with Crippen molar-refractivity contribution in [2.24, 2.45) is 0 Å². The molecule has 0 unspecified atom stereocenters. The molecule has 0 spiro atoms. The number of carboxylic acid groups (broad SMARTS) is 1. The molecule has 0 rings (SSSR count). The van der Waals surface area contributed by atoms with Crippen LogP contribution in [0, 0.1) is 0 Å². The van der Waals surface area contributed by atoms with Crippen molar-refractivity contribution in [2.45, 2.75) is 12.5 Å². The number of aliphatic carboxylic acids is 1. The van der Waals surface area contributed by atoms with Gasteiger partial charge in [0.2, 0.25) is 0 Å². The summed E-state index contributed by atoms with van der Waals surface area (Å²) in [6.07, 6.45) is 1.85. The van der Waals surface area contributed by atoms with Gasteiger partial charge in [-0.15, -0.1) is 0 Å². The maximum atomic E-state index is 10.1. The van der Waals surface area contributed by atoms with E-state index in [0.717, 1.165) is 6.08 Å². The van der Waals surface area contributed by atoms with Crippen LogP contribution in [0.2, 0.25) is 0 Å². The molecule has 7 heteroatoms. The lowest BCUT2D eigenvalue weighted by atomic mass is 10.2. The van der Waals surface area contributed by atoms with Gasteiger partial charge in [-0.1, -0.05) is 19.7 Å². The molecule has 0 aliphatic heterocycles. The predicted molar refractivity (Wildman–Crippen MR) is 37.9 cm³/mol. The number of hydrogen-bond acceptors (Lipinski definition) is 5. The number of hydrogen-bond donors (Lipinski definition) is 1. The lowest BCUT2D eigenvalue weighted by molar-refractivity contribution is -0.436. The Bertz CT molecular complexity index is 245. The summed E-state index contributed by atoms with van der Waals surface area (Å²) in [6, 6.07) is -0.922. The summed E-state index contributed by atoms with van der Waals surface area (Å²) in [5.41, 5.74) is 3.23. The molecule has 1 atom stereocenters. The van der Waals surface area contributed by atoms with E-state index in [0.29, 0.717) is 0 Å². The molecule has 0 aromatic heterocycles. The monoisotopic (exact) mass is 207 g/mol. The minimum Gasteiger partial charge on any atom is -0.811 e. The fourth-order valence-corrected chi connectivity index (χ4v) is 0.968. The minimum absolute atomic E-state index is 0.0579. The number of rotatable bonds is 5. The highest BCUT2D eigenvalue weighted by molar-refractivity contribution is 7.48. The Hall–Kier alpha value is -0.680. The minimum atomic E-state index is -4.52. The molecule has 6 nitrogen and oxygen atoms in total. The average Bonchev–Trinajstić information content (AvgIpc) is 1.95. The van der Waals surface area contributed by atoms with E-state index in [1.165, 1.54) is 6.08 Å². The van der Waals surface area contributed by atoms with Crippen molar-refractivity contribution in [3.8, 4) is 0 Å².